The molecule has 0 fully saturated rings. The summed E-state index contributed by atoms with van der Waals surface area (Å²) in [5.41, 5.74) is 5.26. The van der Waals surface area contributed by atoms with Gasteiger partial charge in [0.05, 0.1) is 0 Å². The Morgan fingerprint density at radius 3 is 1.15 bits per heavy atom. The third kappa shape index (κ3) is 5.17. The Bertz CT molecular complexity index is 3710. The molecule has 0 heterocycles. The van der Waals surface area contributed by atoms with Gasteiger partial charge in [0.1, 0.15) is 0 Å². The molecule has 0 saturated heterocycles. The normalized spacial score (nSPS) is 11.7. The Morgan fingerprint density at radius 2 is 0.617 bits per heavy atom. The van der Waals surface area contributed by atoms with E-state index in [2.05, 4.69) is 172 Å². The van der Waals surface area contributed by atoms with E-state index in [1.807, 2.05) is 41.5 Å². The minimum atomic E-state index is 1.28. The zero-order chi connectivity index (χ0) is 41.4. The minimum absolute atomic E-state index is 1.28. The van der Waals surface area contributed by atoms with Crippen LogP contribution in [0.1, 0.15) is 52.7 Å². The summed E-state index contributed by atoms with van der Waals surface area (Å²) in [5, 5.41) is 30.5. The van der Waals surface area contributed by atoms with Gasteiger partial charge in [-0.1, -0.05) is 205 Å². The second-order valence-electron chi connectivity index (χ2n) is 15.7. The van der Waals surface area contributed by atoms with Gasteiger partial charge in [-0.3, -0.25) is 0 Å². The van der Waals surface area contributed by atoms with E-state index in [-0.39, 0.29) is 0 Å². The maximum atomic E-state index is 2.36. The molecule has 0 N–H and O–H groups in total. The highest BCUT2D eigenvalue weighted by Crippen LogP contribution is 2.49. The first-order valence-corrected chi connectivity index (χ1v) is 22.1. The van der Waals surface area contributed by atoms with Crippen LogP contribution in [-0.4, -0.2) is 0 Å². The highest BCUT2D eigenvalue weighted by atomic mass is 14.2. The van der Waals surface area contributed by atoms with Crippen molar-refractivity contribution in [3.63, 3.8) is 0 Å². The van der Waals surface area contributed by atoms with E-state index in [1.54, 1.807) is 0 Å². The fraction of sp³-hybridized carbons (Fsp3) is 0.133. The molecule has 14 aromatic rings. The van der Waals surface area contributed by atoms with Crippen molar-refractivity contribution in [1.82, 2.24) is 0 Å². The highest BCUT2D eigenvalue weighted by molar-refractivity contribution is 6.45. The summed E-state index contributed by atoms with van der Waals surface area (Å²) in [7, 11) is 0. The lowest BCUT2D eigenvalue weighted by Gasteiger charge is -2.21. The molecule has 0 heteroatoms. The quantitative estimate of drug-likeness (QED) is 0.115. The number of fused-ring (bicyclic) bond motifs is 1. The maximum Gasteiger partial charge on any atom is -0.00112 e. The van der Waals surface area contributed by atoms with Crippen LogP contribution >= 0.6 is 0 Å². The van der Waals surface area contributed by atoms with Gasteiger partial charge in [0.25, 0.3) is 0 Å². The lowest BCUT2D eigenvalue weighted by atomic mass is 9.82. The summed E-state index contributed by atoms with van der Waals surface area (Å²) >= 11 is 0. The van der Waals surface area contributed by atoms with E-state index >= 15 is 0 Å². The lowest BCUT2D eigenvalue weighted by Crippen LogP contribution is -1.93. The Hall–Kier alpha value is -6.76. The number of aryl methyl sites for hydroxylation is 2. The third-order valence-electron chi connectivity index (χ3n) is 12.8. The number of rotatable bonds is 1. The van der Waals surface area contributed by atoms with E-state index < -0.39 is 0 Å². The van der Waals surface area contributed by atoms with Gasteiger partial charge in [0.2, 0.25) is 0 Å². The third-order valence-corrected chi connectivity index (χ3v) is 12.8. The van der Waals surface area contributed by atoms with Crippen molar-refractivity contribution in [2.24, 2.45) is 0 Å². The summed E-state index contributed by atoms with van der Waals surface area (Å²) < 4.78 is 0. The highest BCUT2D eigenvalue weighted by Gasteiger charge is 2.21. The lowest BCUT2D eigenvalue weighted by molar-refractivity contribution is 1.47. The van der Waals surface area contributed by atoms with Gasteiger partial charge < -0.3 is 0 Å². The molecule has 0 aromatic heterocycles. The van der Waals surface area contributed by atoms with E-state index in [0.717, 1.165) is 0 Å². The Labute approximate surface area is 352 Å². The van der Waals surface area contributed by atoms with Crippen LogP contribution in [0.25, 0.3) is 130 Å². The summed E-state index contributed by atoms with van der Waals surface area (Å²) in [6.45, 7) is 16.4. The van der Waals surface area contributed by atoms with Gasteiger partial charge >= 0.3 is 0 Å². The SMILES string of the molecule is CC.CC.CC.Cc1cc2ccc3ccc4ccc5ccc6ccc1c1c6c5c4c3c21.Cc1ccc(-c2ccc3c4cccc5ccc6ccc7ccc2c3c7c6c54)cc1. The van der Waals surface area contributed by atoms with Crippen LogP contribution in [0.3, 0.4) is 0 Å². The predicted molar refractivity (Wildman–Crippen MR) is 270 cm³/mol. The molecule has 0 unspecified atom stereocenters. The first-order valence-electron chi connectivity index (χ1n) is 22.1. The molecule has 290 valence electrons. The molecule has 60 heavy (non-hydrogen) atoms. The van der Waals surface area contributed by atoms with Crippen molar-refractivity contribution < 1.29 is 0 Å². The molecular weight excluding hydrogens is 721 g/mol. The largest absolute Gasteiger partial charge is 0.0683 e. The summed E-state index contributed by atoms with van der Waals surface area (Å²) in [6, 6.07) is 59.2. The second kappa shape index (κ2) is 14.5. The van der Waals surface area contributed by atoms with Gasteiger partial charge in [-0.15, -0.1) is 0 Å². The zero-order valence-electron chi connectivity index (χ0n) is 36.0. The van der Waals surface area contributed by atoms with Crippen molar-refractivity contribution in [1.29, 1.82) is 0 Å². The Morgan fingerprint density at radius 1 is 0.250 bits per heavy atom. The summed E-state index contributed by atoms with van der Waals surface area (Å²) in [6.07, 6.45) is 0. The minimum Gasteiger partial charge on any atom is -0.0683 e. The molecule has 0 bridgehead atoms. The van der Waals surface area contributed by atoms with Crippen molar-refractivity contribution >= 4 is 118 Å². The van der Waals surface area contributed by atoms with Crippen LogP contribution < -0.4 is 0 Å². The summed E-state index contributed by atoms with van der Waals surface area (Å²) in [5.74, 6) is 0. The first kappa shape index (κ1) is 37.5. The molecule has 0 amide bonds. The fourth-order valence-corrected chi connectivity index (χ4v) is 10.5. The molecule has 14 rings (SSSR count). The van der Waals surface area contributed by atoms with Gasteiger partial charge in [-0.05, 0) is 149 Å². The molecule has 0 saturated carbocycles. The zero-order valence-corrected chi connectivity index (χ0v) is 36.0. The Kier molecular flexibility index (Phi) is 9.07. The van der Waals surface area contributed by atoms with Crippen molar-refractivity contribution in [3.05, 3.63) is 169 Å². The average molecular weight is 771 g/mol. The van der Waals surface area contributed by atoms with Crippen LogP contribution in [0.15, 0.2) is 158 Å². The monoisotopic (exact) mass is 770 g/mol. The molecule has 0 aliphatic rings. The average Bonchev–Trinajstić information content (AvgIpc) is 3.32. The van der Waals surface area contributed by atoms with Crippen molar-refractivity contribution in [2.75, 3.05) is 0 Å². The van der Waals surface area contributed by atoms with E-state index in [0.29, 0.717) is 0 Å². The molecular formula is C60H50. The first-order chi connectivity index (χ1) is 29.6. The van der Waals surface area contributed by atoms with Gasteiger partial charge in [0.15, 0.2) is 0 Å². The molecule has 0 atom stereocenters. The standard InChI is InChI=1S/C29H18.C25H14.3C2H6/c1-17-5-7-18(8-6-17)22-15-16-25-23-4-2-3-19-9-10-20-11-12-21-13-14-24(22)29(25)28(21)27(20)26(19)23;1-13-12-18-9-8-16-5-3-14-2-4-15-6-7-17-10-11-19(13)25-23(17)21(15)20(14)22(16)24(18)25;3*1-2/h2-16H,1H3;2-12H,1H3;3*1-2H3. The maximum absolute atomic E-state index is 2.36. The molecule has 0 spiro atoms. The van der Waals surface area contributed by atoms with E-state index in [4.69, 9.17) is 0 Å². The summed E-state index contributed by atoms with van der Waals surface area (Å²) in [4.78, 5) is 0. The van der Waals surface area contributed by atoms with Gasteiger partial charge in [0, 0.05) is 0 Å². The predicted octanol–water partition coefficient (Wildman–Crippen LogP) is 18.6. The molecule has 0 aliphatic heterocycles. The fourth-order valence-electron chi connectivity index (χ4n) is 10.5. The van der Waals surface area contributed by atoms with Crippen molar-refractivity contribution in [3.8, 4) is 11.1 Å². The van der Waals surface area contributed by atoms with Crippen LogP contribution in [0.4, 0.5) is 0 Å². The molecule has 0 radical (unpaired) electrons. The molecule has 14 aromatic carbocycles. The molecule has 0 nitrogen and oxygen atoms in total. The van der Waals surface area contributed by atoms with Crippen LogP contribution in [-0.2, 0) is 0 Å². The van der Waals surface area contributed by atoms with Crippen LogP contribution in [0.2, 0.25) is 0 Å². The second-order valence-corrected chi connectivity index (χ2v) is 15.7. The van der Waals surface area contributed by atoms with Gasteiger partial charge in [-0.2, -0.15) is 0 Å². The Balaban J connectivity index is 0.000000130. The smallest absolute Gasteiger partial charge is 0.00112 e. The molecule has 0 aliphatic carbocycles. The van der Waals surface area contributed by atoms with Crippen molar-refractivity contribution in [2.45, 2.75) is 55.4 Å². The van der Waals surface area contributed by atoms with E-state index in [9.17, 15) is 0 Å². The topological polar surface area (TPSA) is 0 Å². The van der Waals surface area contributed by atoms with Crippen LogP contribution in [0.5, 0.6) is 0 Å². The van der Waals surface area contributed by atoms with Crippen LogP contribution in [0, 0.1) is 13.8 Å². The van der Waals surface area contributed by atoms with Gasteiger partial charge in [-0.25, -0.2) is 0 Å². The number of benzene rings is 14. The van der Waals surface area contributed by atoms with E-state index in [1.165, 1.54) is 141 Å². The number of hydrogen-bond acceptors (Lipinski definition) is 0. The number of hydrogen-bond donors (Lipinski definition) is 0.